The molecule has 0 aromatic heterocycles. The monoisotopic (exact) mass is 220 g/mol. The Morgan fingerprint density at radius 3 is 2.29 bits per heavy atom. The molecule has 0 N–H and O–H groups in total. The largest absolute Gasteiger partial charge is 0.103 e. The van der Waals surface area contributed by atoms with Crippen molar-refractivity contribution in [1.82, 2.24) is 0 Å². The van der Waals surface area contributed by atoms with Gasteiger partial charge in [0.05, 0.1) is 0 Å². The topological polar surface area (TPSA) is 0 Å². The third-order valence-corrected chi connectivity index (χ3v) is 2.87. The Morgan fingerprint density at radius 1 is 0.882 bits per heavy atom. The molecule has 0 amide bonds. The Kier molecular flexibility index (Phi) is 3.56. The van der Waals surface area contributed by atoms with Crippen molar-refractivity contribution in [3.8, 4) is 11.1 Å². The van der Waals surface area contributed by atoms with Crippen molar-refractivity contribution in [1.29, 1.82) is 0 Å². The first-order chi connectivity index (χ1) is 8.36. The van der Waals surface area contributed by atoms with Crippen LogP contribution in [0.2, 0.25) is 0 Å². The van der Waals surface area contributed by atoms with E-state index in [0.717, 1.165) is 6.42 Å². The molecule has 2 aromatic carbocycles. The van der Waals surface area contributed by atoms with Crippen LogP contribution in [0, 0.1) is 0 Å². The third kappa shape index (κ3) is 2.36. The van der Waals surface area contributed by atoms with Crippen LogP contribution in [-0.2, 0) is 6.42 Å². The highest BCUT2D eigenvalue weighted by Gasteiger charge is 2.06. The standard InChI is InChI=1S/C17H16/c1-3-9-16-14(4-2)12-8-13-17(16)15-10-6-5-7-11-15/h3-8,10-13H,1-2,9H2. The molecule has 0 nitrogen and oxygen atoms in total. The summed E-state index contributed by atoms with van der Waals surface area (Å²) in [5, 5.41) is 0. The first-order valence-electron chi connectivity index (χ1n) is 5.77. The van der Waals surface area contributed by atoms with E-state index in [0.29, 0.717) is 0 Å². The molecule has 17 heavy (non-hydrogen) atoms. The molecule has 84 valence electrons. The second-order valence-electron chi connectivity index (χ2n) is 3.94. The average molecular weight is 220 g/mol. The highest BCUT2D eigenvalue weighted by molar-refractivity contribution is 5.72. The van der Waals surface area contributed by atoms with Crippen molar-refractivity contribution in [2.24, 2.45) is 0 Å². The summed E-state index contributed by atoms with van der Waals surface area (Å²) in [5.41, 5.74) is 4.99. The predicted molar refractivity (Wildman–Crippen MR) is 75.9 cm³/mol. The summed E-state index contributed by atoms with van der Waals surface area (Å²) in [7, 11) is 0. The Balaban J connectivity index is 2.60. The van der Waals surface area contributed by atoms with E-state index in [1.54, 1.807) is 0 Å². The van der Waals surface area contributed by atoms with E-state index in [9.17, 15) is 0 Å². The fourth-order valence-corrected chi connectivity index (χ4v) is 2.06. The lowest BCUT2D eigenvalue weighted by atomic mass is 9.93. The number of benzene rings is 2. The fraction of sp³-hybridized carbons (Fsp3) is 0.0588. The zero-order chi connectivity index (χ0) is 12.1. The number of hydrogen-bond acceptors (Lipinski definition) is 0. The molecule has 0 heteroatoms. The number of rotatable bonds is 4. The fourth-order valence-electron chi connectivity index (χ4n) is 2.06. The molecule has 0 atom stereocenters. The summed E-state index contributed by atoms with van der Waals surface area (Å²) >= 11 is 0. The molecule has 0 aliphatic heterocycles. The van der Waals surface area contributed by atoms with Crippen LogP contribution < -0.4 is 0 Å². The maximum absolute atomic E-state index is 3.87. The number of hydrogen-bond donors (Lipinski definition) is 0. The maximum Gasteiger partial charge on any atom is -0.00880 e. The molecular formula is C17H16. The van der Waals surface area contributed by atoms with Crippen molar-refractivity contribution in [3.63, 3.8) is 0 Å². The van der Waals surface area contributed by atoms with E-state index in [1.807, 2.05) is 18.2 Å². The van der Waals surface area contributed by atoms with Crippen LogP contribution in [0.1, 0.15) is 11.1 Å². The van der Waals surface area contributed by atoms with Gasteiger partial charge in [0, 0.05) is 0 Å². The van der Waals surface area contributed by atoms with Crippen molar-refractivity contribution >= 4 is 6.08 Å². The minimum atomic E-state index is 0.867. The molecule has 0 heterocycles. The van der Waals surface area contributed by atoms with Gasteiger partial charge in [-0.15, -0.1) is 6.58 Å². The van der Waals surface area contributed by atoms with Gasteiger partial charge in [-0.05, 0) is 28.7 Å². The molecule has 0 bridgehead atoms. The summed E-state index contributed by atoms with van der Waals surface area (Å²) < 4.78 is 0. The summed E-state index contributed by atoms with van der Waals surface area (Å²) in [6.07, 6.45) is 4.71. The van der Waals surface area contributed by atoms with Crippen LogP contribution in [0.15, 0.2) is 67.8 Å². The zero-order valence-corrected chi connectivity index (χ0v) is 9.89. The van der Waals surface area contributed by atoms with Gasteiger partial charge >= 0.3 is 0 Å². The maximum atomic E-state index is 3.87. The SMILES string of the molecule is C=CCc1c(C=C)cccc1-c1ccccc1. The number of allylic oxidation sites excluding steroid dienone is 1. The summed E-state index contributed by atoms with van der Waals surface area (Å²) in [4.78, 5) is 0. The van der Waals surface area contributed by atoms with E-state index in [2.05, 4.69) is 55.6 Å². The van der Waals surface area contributed by atoms with Gasteiger partial charge in [0.1, 0.15) is 0 Å². The van der Waals surface area contributed by atoms with Crippen molar-refractivity contribution in [3.05, 3.63) is 78.9 Å². The molecule has 0 aliphatic rings. The van der Waals surface area contributed by atoms with E-state index in [-0.39, 0.29) is 0 Å². The molecule has 0 unspecified atom stereocenters. The Morgan fingerprint density at radius 2 is 1.65 bits per heavy atom. The van der Waals surface area contributed by atoms with Crippen LogP contribution in [0.25, 0.3) is 17.2 Å². The molecule has 0 radical (unpaired) electrons. The van der Waals surface area contributed by atoms with Gasteiger partial charge in [-0.25, -0.2) is 0 Å². The van der Waals surface area contributed by atoms with Crippen LogP contribution in [-0.4, -0.2) is 0 Å². The average Bonchev–Trinajstić information content (AvgIpc) is 2.40. The molecule has 0 aliphatic carbocycles. The van der Waals surface area contributed by atoms with Crippen molar-refractivity contribution in [2.75, 3.05) is 0 Å². The van der Waals surface area contributed by atoms with Crippen molar-refractivity contribution in [2.45, 2.75) is 6.42 Å². The van der Waals surface area contributed by atoms with E-state index in [4.69, 9.17) is 0 Å². The highest BCUT2D eigenvalue weighted by Crippen LogP contribution is 2.27. The lowest BCUT2D eigenvalue weighted by Gasteiger charge is -2.11. The Bertz CT molecular complexity index is 521. The summed E-state index contributed by atoms with van der Waals surface area (Å²) in [6.45, 7) is 7.71. The van der Waals surface area contributed by atoms with Crippen LogP contribution in [0.5, 0.6) is 0 Å². The zero-order valence-electron chi connectivity index (χ0n) is 9.89. The molecule has 0 saturated carbocycles. The molecular weight excluding hydrogens is 204 g/mol. The third-order valence-electron chi connectivity index (χ3n) is 2.87. The summed E-state index contributed by atoms with van der Waals surface area (Å²) in [5.74, 6) is 0. The normalized spacial score (nSPS) is 9.88. The second-order valence-corrected chi connectivity index (χ2v) is 3.94. The van der Waals surface area contributed by atoms with Crippen LogP contribution in [0.4, 0.5) is 0 Å². The van der Waals surface area contributed by atoms with Gasteiger partial charge in [0.25, 0.3) is 0 Å². The molecule has 2 aromatic rings. The van der Waals surface area contributed by atoms with E-state index >= 15 is 0 Å². The minimum Gasteiger partial charge on any atom is -0.103 e. The lowest BCUT2D eigenvalue weighted by Crippen LogP contribution is -1.92. The van der Waals surface area contributed by atoms with Crippen LogP contribution >= 0.6 is 0 Å². The molecule has 0 saturated heterocycles. The molecule has 2 rings (SSSR count). The minimum absolute atomic E-state index is 0.867. The smallest absolute Gasteiger partial charge is 0.00880 e. The summed E-state index contributed by atoms with van der Waals surface area (Å²) in [6, 6.07) is 16.8. The van der Waals surface area contributed by atoms with Gasteiger partial charge in [0.2, 0.25) is 0 Å². The van der Waals surface area contributed by atoms with Gasteiger partial charge in [-0.1, -0.05) is 67.3 Å². The van der Waals surface area contributed by atoms with Gasteiger partial charge in [-0.3, -0.25) is 0 Å². The predicted octanol–water partition coefficient (Wildman–Crippen LogP) is 4.73. The second kappa shape index (κ2) is 5.31. The van der Waals surface area contributed by atoms with Gasteiger partial charge in [-0.2, -0.15) is 0 Å². The van der Waals surface area contributed by atoms with Gasteiger partial charge in [0.15, 0.2) is 0 Å². The van der Waals surface area contributed by atoms with E-state index < -0.39 is 0 Å². The lowest BCUT2D eigenvalue weighted by molar-refractivity contribution is 1.27. The van der Waals surface area contributed by atoms with E-state index in [1.165, 1.54) is 22.3 Å². The first kappa shape index (κ1) is 11.4. The Hall–Kier alpha value is -2.08. The first-order valence-corrected chi connectivity index (χ1v) is 5.77. The molecule has 0 fully saturated rings. The van der Waals surface area contributed by atoms with Crippen LogP contribution in [0.3, 0.4) is 0 Å². The van der Waals surface area contributed by atoms with Crippen molar-refractivity contribution < 1.29 is 0 Å². The Labute approximate surface area is 103 Å². The van der Waals surface area contributed by atoms with Gasteiger partial charge < -0.3 is 0 Å². The molecule has 0 spiro atoms. The highest BCUT2D eigenvalue weighted by atomic mass is 14.1. The quantitative estimate of drug-likeness (QED) is 0.654.